The van der Waals surface area contributed by atoms with Gasteiger partial charge in [-0.1, -0.05) is 12.1 Å². The van der Waals surface area contributed by atoms with Crippen molar-refractivity contribution in [1.29, 1.82) is 0 Å². The van der Waals surface area contributed by atoms with Crippen molar-refractivity contribution in [3.8, 4) is 0 Å². The number of fused-ring (bicyclic) bond motifs is 1. The first-order valence-corrected chi connectivity index (χ1v) is 9.07. The Morgan fingerprint density at radius 2 is 2.07 bits per heavy atom. The summed E-state index contributed by atoms with van der Waals surface area (Å²) in [5.41, 5.74) is 2.30. The first kappa shape index (κ1) is 19.1. The topological polar surface area (TPSA) is 72.1 Å². The smallest absolute Gasteiger partial charge is 0.410 e. The Kier molecular flexibility index (Phi) is 4.60. The van der Waals surface area contributed by atoms with Crippen molar-refractivity contribution in [1.82, 2.24) is 9.78 Å². The van der Waals surface area contributed by atoms with E-state index in [4.69, 9.17) is 4.42 Å². The lowest BCUT2D eigenvalue weighted by atomic mass is 10.0. The van der Waals surface area contributed by atoms with Crippen molar-refractivity contribution in [3.63, 3.8) is 0 Å². The summed E-state index contributed by atoms with van der Waals surface area (Å²) in [5.74, 6) is -0.0583. The Hall–Kier alpha value is -3.23. The van der Waals surface area contributed by atoms with Gasteiger partial charge >= 0.3 is 6.18 Å². The Morgan fingerprint density at radius 3 is 2.76 bits per heavy atom. The average Bonchev–Trinajstić information content (AvgIpc) is 3.32. The lowest BCUT2D eigenvalue weighted by Crippen LogP contribution is -2.35. The Bertz CT molecular complexity index is 1040. The Labute approximate surface area is 164 Å². The molecule has 0 bridgehead atoms. The summed E-state index contributed by atoms with van der Waals surface area (Å²) in [5, 5.41) is 9.67. The third-order valence-corrected chi connectivity index (χ3v) is 4.95. The van der Waals surface area contributed by atoms with E-state index in [-0.39, 0.29) is 17.9 Å². The van der Waals surface area contributed by atoms with Crippen LogP contribution in [0.25, 0.3) is 0 Å². The van der Waals surface area contributed by atoms with Gasteiger partial charge in [-0.3, -0.25) is 4.79 Å². The number of amides is 1. The molecule has 3 heterocycles. The molecule has 9 heteroatoms. The number of hydrogen-bond acceptors (Lipinski definition) is 4. The maximum atomic E-state index is 13.7. The number of furan rings is 1. The van der Waals surface area contributed by atoms with Gasteiger partial charge in [0.25, 0.3) is 5.91 Å². The number of nitrogens with zero attached hydrogens (tertiary/aromatic N) is 2. The summed E-state index contributed by atoms with van der Waals surface area (Å²) in [7, 11) is 0. The molecular formula is C20H19F3N4O2. The predicted molar refractivity (Wildman–Crippen MR) is 101 cm³/mol. The number of nitrogens with one attached hydrogen (secondary N) is 2. The van der Waals surface area contributed by atoms with Crippen LogP contribution in [0.1, 0.15) is 45.9 Å². The van der Waals surface area contributed by atoms with Crippen molar-refractivity contribution >= 4 is 17.4 Å². The minimum absolute atomic E-state index is 0.0947. The van der Waals surface area contributed by atoms with Gasteiger partial charge in [-0.2, -0.15) is 18.3 Å². The molecule has 0 spiro atoms. The van der Waals surface area contributed by atoms with E-state index in [2.05, 4.69) is 15.7 Å². The second kappa shape index (κ2) is 6.98. The molecule has 1 aliphatic heterocycles. The largest absolute Gasteiger partial charge is 0.467 e. The molecule has 0 saturated heterocycles. The van der Waals surface area contributed by atoms with Gasteiger partial charge in [0.2, 0.25) is 0 Å². The molecule has 0 unspecified atom stereocenters. The molecular weight excluding hydrogens is 385 g/mol. The van der Waals surface area contributed by atoms with Gasteiger partial charge in [0, 0.05) is 18.2 Å². The first-order chi connectivity index (χ1) is 13.7. The Morgan fingerprint density at radius 1 is 1.28 bits per heavy atom. The molecule has 2 N–H and O–H groups in total. The molecule has 1 aliphatic rings. The fraction of sp³-hybridized carbons (Fsp3) is 0.300. The van der Waals surface area contributed by atoms with E-state index in [0.29, 0.717) is 11.4 Å². The predicted octanol–water partition coefficient (Wildman–Crippen LogP) is 5.01. The molecule has 6 nitrogen and oxygen atoms in total. The van der Waals surface area contributed by atoms with Gasteiger partial charge < -0.3 is 15.1 Å². The quantitative estimate of drug-likeness (QED) is 0.644. The van der Waals surface area contributed by atoms with Crippen LogP contribution in [0.15, 0.2) is 47.1 Å². The summed E-state index contributed by atoms with van der Waals surface area (Å²) in [6, 6.07) is 7.60. The molecule has 152 valence electrons. The van der Waals surface area contributed by atoms with E-state index >= 15 is 0 Å². The van der Waals surface area contributed by atoms with Crippen molar-refractivity contribution < 1.29 is 22.4 Å². The highest BCUT2D eigenvalue weighted by molar-refractivity contribution is 6.03. The van der Waals surface area contributed by atoms with E-state index in [1.807, 2.05) is 26.0 Å². The highest BCUT2D eigenvalue weighted by Gasteiger charge is 2.47. The van der Waals surface area contributed by atoms with Gasteiger partial charge in [-0.05, 0) is 43.2 Å². The van der Waals surface area contributed by atoms with Crippen LogP contribution in [-0.4, -0.2) is 21.9 Å². The van der Waals surface area contributed by atoms with E-state index in [0.717, 1.165) is 15.8 Å². The van der Waals surface area contributed by atoms with Gasteiger partial charge in [0.05, 0.1) is 12.3 Å². The highest BCUT2D eigenvalue weighted by Crippen LogP contribution is 2.43. The molecule has 0 saturated carbocycles. The normalized spacial score (nSPS) is 18.8. The molecule has 3 aromatic rings. The van der Waals surface area contributed by atoms with Crippen molar-refractivity contribution in [2.24, 2.45) is 0 Å². The number of rotatable bonds is 3. The zero-order valence-corrected chi connectivity index (χ0v) is 15.7. The van der Waals surface area contributed by atoms with Gasteiger partial charge in [0.15, 0.2) is 11.7 Å². The summed E-state index contributed by atoms with van der Waals surface area (Å²) >= 11 is 0. The van der Waals surface area contributed by atoms with Gasteiger partial charge in [-0.25, -0.2) is 4.68 Å². The van der Waals surface area contributed by atoms with Crippen LogP contribution in [0.3, 0.4) is 0 Å². The van der Waals surface area contributed by atoms with Crippen molar-refractivity contribution in [3.05, 3.63) is 65.2 Å². The minimum atomic E-state index is -4.52. The fourth-order valence-corrected chi connectivity index (χ4v) is 3.42. The third-order valence-electron chi connectivity index (χ3n) is 4.95. The third kappa shape index (κ3) is 3.72. The number of aryl methyl sites for hydroxylation is 2. The molecule has 0 aliphatic carbocycles. The van der Waals surface area contributed by atoms with Gasteiger partial charge in [0.1, 0.15) is 11.6 Å². The summed E-state index contributed by atoms with van der Waals surface area (Å²) in [4.78, 5) is 12.6. The first-order valence-electron chi connectivity index (χ1n) is 9.07. The standard InChI is InChI=1S/C20H19F3N4O2/c1-11-5-6-12(2)13(8-11)25-19(28)15-10-18-24-14(16-4-3-7-29-16)9-17(20(21,22)23)27(18)26-15/h3-8,10,14,17,24H,9H2,1-2H3,(H,25,28)/t14-,17-/m1/s1. The zero-order valence-electron chi connectivity index (χ0n) is 15.7. The number of aromatic nitrogens is 2. The molecule has 1 amide bonds. The SMILES string of the molecule is Cc1ccc(C)c(NC(=O)c2cc3n(n2)[C@@H](C(F)(F)F)C[C@H](c2ccco2)N3)c1. The molecule has 1 aromatic carbocycles. The van der Waals surface area contributed by atoms with Crippen LogP contribution < -0.4 is 10.6 Å². The number of anilines is 2. The number of carbonyl (C=O) groups excluding carboxylic acids is 1. The van der Waals surface area contributed by atoms with E-state index in [9.17, 15) is 18.0 Å². The van der Waals surface area contributed by atoms with E-state index in [1.165, 1.54) is 12.3 Å². The second-order valence-corrected chi connectivity index (χ2v) is 7.14. The minimum Gasteiger partial charge on any atom is -0.467 e. The lowest BCUT2D eigenvalue weighted by Gasteiger charge is -2.32. The van der Waals surface area contributed by atoms with E-state index < -0.39 is 24.2 Å². The average molecular weight is 404 g/mol. The number of hydrogen-bond donors (Lipinski definition) is 2. The molecule has 4 rings (SSSR count). The molecule has 29 heavy (non-hydrogen) atoms. The van der Waals surface area contributed by atoms with E-state index in [1.54, 1.807) is 18.2 Å². The van der Waals surface area contributed by atoms with Gasteiger partial charge in [-0.15, -0.1) is 0 Å². The number of halogens is 3. The summed E-state index contributed by atoms with van der Waals surface area (Å²) < 4.78 is 47.1. The monoisotopic (exact) mass is 404 g/mol. The van der Waals surface area contributed by atoms with Crippen LogP contribution in [0.5, 0.6) is 0 Å². The van der Waals surface area contributed by atoms with Crippen LogP contribution in [0, 0.1) is 13.8 Å². The lowest BCUT2D eigenvalue weighted by molar-refractivity contribution is -0.174. The number of carbonyl (C=O) groups is 1. The van der Waals surface area contributed by atoms with Crippen molar-refractivity contribution in [2.75, 3.05) is 10.6 Å². The zero-order chi connectivity index (χ0) is 20.8. The second-order valence-electron chi connectivity index (χ2n) is 7.14. The maximum Gasteiger partial charge on any atom is 0.410 e. The van der Waals surface area contributed by atoms with Crippen LogP contribution in [0.2, 0.25) is 0 Å². The number of benzene rings is 1. The maximum absolute atomic E-state index is 13.7. The van der Waals surface area contributed by atoms with Crippen LogP contribution >= 0.6 is 0 Å². The molecule has 2 aromatic heterocycles. The van der Waals surface area contributed by atoms with Crippen molar-refractivity contribution in [2.45, 2.75) is 38.5 Å². The molecule has 2 atom stereocenters. The van der Waals surface area contributed by atoms with Crippen LogP contribution in [-0.2, 0) is 0 Å². The van der Waals surface area contributed by atoms with Crippen LogP contribution in [0.4, 0.5) is 24.7 Å². The highest BCUT2D eigenvalue weighted by atomic mass is 19.4. The fourth-order valence-electron chi connectivity index (χ4n) is 3.42. The molecule has 0 fully saturated rings. The number of alkyl halides is 3. The summed E-state index contributed by atoms with van der Waals surface area (Å²) in [6.45, 7) is 3.72. The summed E-state index contributed by atoms with van der Waals surface area (Å²) in [6.07, 6.45) is -3.40. The Balaban J connectivity index is 1.65. The molecule has 0 radical (unpaired) electrons.